The molecule has 5 aromatic heterocycles. The molecule has 13 heteroatoms. The highest BCUT2D eigenvalue weighted by Crippen LogP contribution is 2.72. The molecule has 0 bridgehead atoms. The van der Waals surface area contributed by atoms with Gasteiger partial charge in [0.25, 0.3) is 22.5 Å². The van der Waals surface area contributed by atoms with Crippen LogP contribution in [0.3, 0.4) is 0 Å². The molecule has 0 N–H and O–H groups in total. The van der Waals surface area contributed by atoms with Gasteiger partial charge < -0.3 is 9.13 Å². The SMILES string of the molecule is [C-]#[N+]/C(C#N)=c1\s/c(=C\c2cc3sc4c(c3s2)C2(CCCCC2)C2=C4C3(CCCCC3)c3cc(/C=c4\s/c(=C(\C#N)[N+]#[C-])n(CC)c4=O)sc32)c(=O)n1CC. The second kappa shape index (κ2) is 13.6. The van der Waals surface area contributed by atoms with Crippen LogP contribution in [0.5, 0.6) is 0 Å². The minimum absolute atomic E-state index is 0.0461. The van der Waals surface area contributed by atoms with E-state index in [2.05, 4.69) is 21.8 Å². The molecule has 5 heterocycles. The van der Waals surface area contributed by atoms with Crippen LogP contribution in [0, 0.1) is 35.8 Å². The van der Waals surface area contributed by atoms with Gasteiger partial charge in [-0.05, 0) is 86.1 Å². The van der Waals surface area contributed by atoms with Crippen molar-refractivity contribution in [1.29, 1.82) is 10.5 Å². The van der Waals surface area contributed by atoms with Gasteiger partial charge in [0.1, 0.15) is 9.33 Å². The van der Waals surface area contributed by atoms with E-state index in [0.717, 1.165) is 35.4 Å². The topological polar surface area (TPSA) is 100 Å². The van der Waals surface area contributed by atoms with E-state index in [4.69, 9.17) is 13.1 Å². The lowest BCUT2D eigenvalue weighted by Crippen LogP contribution is -2.31. The number of fused-ring (bicyclic) bond motifs is 10. The summed E-state index contributed by atoms with van der Waals surface area (Å²) in [4.78, 5) is 38.8. The minimum atomic E-state index is -0.162. The predicted octanol–water partition coefficient (Wildman–Crippen LogP) is 7.61. The molecule has 2 spiro atoms. The smallest absolute Gasteiger partial charge is 0.294 e. The quantitative estimate of drug-likeness (QED) is 0.175. The van der Waals surface area contributed by atoms with Crippen molar-refractivity contribution in [2.45, 2.75) is 102 Å². The van der Waals surface area contributed by atoms with Crippen molar-refractivity contribution in [1.82, 2.24) is 9.13 Å². The maximum atomic E-state index is 13.6. The molecule has 2 fully saturated rings. The second-order valence-electron chi connectivity index (χ2n) is 14.7. The molecule has 0 amide bonds. The predicted molar refractivity (Wildman–Crippen MR) is 226 cm³/mol. The van der Waals surface area contributed by atoms with Crippen LogP contribution in [0.2, 0.25) is 0 Å². The third-order valence-corrected chi connectivity index (χ3v) is 17.8. The van der Waals surface area contributed by atoms with Crippen molar-refractivity contribution >= 4 is 101 Å². The van der Waals surface area contributed by atoms with Gasteiger partial charge in [0.2, 0.25) is 0 Å². The number of aromatic nitrogens is 2. The maximum absolute atomic E-state index is 13.6. The molecule has 0 aliphatic heterocycles. The fourth-order valence-corrected chi connectivity index (χ4v) is 16.4. The first-order valence-corrected chi connectivity index (χ1v) is 22.8. The third kappa shape index (κ3) is 5.11. The Kier molecular flexibility index (Phi) is 8.89. The van der Waals surface area contributed by atoms with Gasteiger partial charge in [-0.3, -0.25) is 9.59 Å². The zero-order chi connectivity index (χ0) is 38.2. The zero-order valence-corrected chi connectivity index (χ0v) is 34.4. The van der Waals surface area contributed by atoms with E-state index in [1.165, 1.54) is 102 Å². The molecule has 274 valence electrons. The van der Waals surface area contributed by atoms with Gasteiger partial charge >= 0.3 is 0 Å². The molecule has 55 heavy (non-hydrogen) atoms. The second-order valence-corrected chi connectivity index (χ2v) is 19.9. The normalized spacial score (nSPS) is 19.6. The molecule has 0 aromatic carbocycles. The number of nitrogens with zero attached hydrogens (tertiary/aromatic N) is 6. The lowest BCUT2D eigenvalue weighted by Gasteiger charge is -2.37. The van der Waals surface area contributed by atoms with Crippen LogP contribution in [-0.2, 0) is 23.9 Å². The lowest BCUT2D eigenvalue weighted by molar-refractivity contribution is 0.373. The van der Waals surface area contributed by atoms with E-state index in [-0.39, 0.29) is 33.3 Å². The number of thiazole rings is 2. The fourth-order valence-electron chi connectivity index (χ4n) is 9.81. The van der Waals surface area contributed by atoms with Gasteiger partial charge in [-0.25, -0.2) is 20.2 Å². The number of allylic oxidation sites excluding steroid dienone is 2. The summed E-state index contributed by atoms with van der Waals surface area (Å²) in [5.74, 6) is 0. The van der Waals surface area contributed by atoms with E-state index in [1.54, 1.807) is 21.5 Å². The molecule has 2 saturated carbocycles. The highest BCUT2D eigenvalue weighted by molar-refractivity contribution is 7.29. The Morgan fingerprint density at radius 3 is 1.75 bits per heavy atom. The Hall–Kier alpha value is -4.60. The standard InChI is InChI=1S/C42H34N6O2S5/c1-5-47-37(49)29(54-39(47)26(21-43)45-3)19-23-17-25-34(51-23)31-32(41(25)13-9-7-10-14-41)36-33(42(31)15-11-8-12-16-42)35-28(53-36)18-24(52-35)20-30-38(50)48(6-2)40(55-30)27(22-44)46-4/h17-20H,5-16H2,1-2H3/b29-19-,30-20-,39-26+,40-27-. The van der Waals surface area contributed by atoms with E-state index in [1.807, 2.05) is 60.8 Å². The van der Waals surface area contributed by atoms with Crippen LogP contribution in [0.4, 0.5) is 0 Å². The minimum Gasteiger partial charge on any atom is -0.307 e. The summed E-state index contributed by atoms with van der Waals surface area (Å²) in [5.41, 5.74) is 5.47. The maximum Gasteiger partial charge on any atom is 0.294 e. The number of nitriles is 2. The summed E-state index contributed by atoms with van der Waals surface area (Å²) >= 11 is 7.97. The summed E-state index contributed by atoms with van der Waals surface area (Å²) < 4.78 is 7.62. The van der Waals surface area contributed by atoms with Gasteiger partial charge in [0, 0.05) is 48.1 Å². The molecular formula is C42H34N6O2S5. The van der Waals surface area contributed by atoms with E-state index >= 15 is 0 Å². The van der Waals surface area contributed by atoms with Gasteiger partial charge in [-0.1, -0.05) is 38.5 Å². The molecule has 4 aliphatic rings. The molecule has 5 aromatic rings. The zero-order valence-electron chi connectivity index (χ0n) is 30.3. The van der Waals surface area contributed by atoms with Crippen molar-refractivity contribution in [2.75, 3.05) is 0 Å². The average molecular weight is 815 g/mol. The van der Waals surface area contributed by atoms with Crippen LogP contribution in [0.25, 0.3) is 53.8 Å². The number of rotatable bonds is 4. The molecule has 0 radical (unpaired) electrons. The Morgan fingerprint density at radius 1 is 0.727 bits per heavy atom. The van der Waals surface area contributed by atoms with Crippen molar-refractivity contribution in [3.8, 4) is 12.1 Å². The van der Waals surface area contributed by atoms with Gasteiger partial charge in [0.15, 0.2) is 0 Å². The largest absolute Gasteiger partial charge is 0.307 e. The summed E-state index contributed by atoms with van der Waals surface area (Å²) in [5, 5.41) is 19.2. The summed E-state index contributed by atoms with van der Waals surface area (Å²) in [6.07, 6.45) is 15.6. The van der Waals surface area contributed by atoms with Crippen LogP contribution in [0.15, 0.2) is 21.7 Å². The van der Waals surface area contributed by atoms with Crippen molar-refractivity contribution in [3.63, 3.8) is 0 Å². The molecule has 0 saturated heterocycles. The van der Waals surface area contributed by atoms with Crippen LogP contribution in [-0.4, -0.2) is 9.13 Å². The van der Waals surface area contributed by atoms with Crippen molar-refractivity contribution < 1.29 is 0 Å². The fraction of sp³-hybridized carbons (Fsp3) is 0.381. The summed E-state index contributed by atoms with van der Waals surface area (Å²) in [6, 6.07) is 8.56. The molecular weight excluding hydrogens is 781 g/mol. The molecule has 9 rings (SSSR count). The van der Waals surface area contributed by atoms with Crippen LogP contribution < -0.4 is 29.5 Å². The Balaban J connectivity index is 1.24. The average Bonchev–Trinajstić information content (AvgIpc) is 4.05. The van der Waals surface area contributed by atoms with Gasteiger partial charge in [-0.2, -0.15) is 0 Å². The first kappa shape index (κ1) is 36.1. The Bertz CT molecular complexity index is 3040. The highest BCUT2D eigenvalue weighted by atomic mass is 32.1. The number of thiophene rings is 3. The van der Waals surface area contributed by atoms with Crippen LogP contribution in [0.1, 0.15) is 109 Å². The lowest BCUT2D eigenvalue weighted by atomic mass is 9.67. The number of hydrogen-bond donors (Lipinski definition) is 0. The van der Waals surface area contributed by atoms with Crippen molar-refractivity contribution in [2.24, 2.45) is 0 Å². The Morgan fingerprint density at radius 2 is 1.24 bits per heavy atom. The van der Waals surface area contributed by atoms with E-state index in [0.29, 0.717) is 31.5 Å². The molecule has 8 nitrogen and oxygen atoms in total. The molecule has 0 unspecified atom stereocenters. The monoisotopic (exact) mass is 814 g/mol. The van der Waals surface area contributed by atoms with E-state index < -0.39 is 0 Å². The van der Waals surface area contributed by atoms with Gasteiger partial charge in [-0.15, -0.1) is 56.7 Å². The first-order valence-electron chi connectivity index (χ1n) is 18.7. The van der Waals surface area contributed by atoms with Crippen molar-refractivity contribution in [3.05, 3.63) is 105 Å². The molecule has 0 atom stereocenters. The summed E-state index contributed by atoms with van der Waals surface area (Å²) in [6.45, 7) is 19.5. The van der Waals surface area contributed by atoms with Gasteiger partial charge in [0.05, 0.1) is 39.0 Å². The number of hydrogen-bond acceptors (Lipinski definition) is 9. The van der Waals surface area contributed by atoms with Crippen LogP contribution >= 0.6 is 56.7 Å². The first-order chi connectivity index (χ1) is 26.8. The third-order valence-electron chi connectivity index (χ3n) is 12.0. The summed E-state index contributed by atoms with van der Waals surface area (Å²) in [7, 11) is 0. The molecule has 4 aliphatic carbocycles. The highest BCUT2D eigenvalue weighted by Gasteiger charge is 2.59. The van der Waals surface area contributed by atoms with E-state index in [9.17, 15) is 20.1 Å². The Labute approximate surface area is 337 Å².